The number of hydrogen-bond acceptors (Lipinski definition) is 4. The van der Waals surface area contributed by atoms with Crippen LogP contribution in [0, 0.1) is 0 Å². The third kappa shape index (κ3) is 1.96. The zero-order chi connectivity index (χ0) is 11.7. The summed E-state index contributed by atoms with van der Waals surface area (Å²) in [4.78, 5) is 6.64. The van der Waals surface area contributed by atoms with Gasteiger partial charge in [0.2, 0.25) is 0 Å². The number of ether oxygens (including phenoxy) is 1. The Hall–Kier alpha value is -1.33. The first-order valence-corrected chi connectivity index (χ1v) is 6.13. The van der Waals surface area contributed by atoms with Crippen molar-refractivity contribution < 1.29 is 4.74 Å². The molecular formula is C11H13ClN4O. The van der Waals surface area contributed by atoms with Crippen molar-refractivity contribution in [2.75, 3.05) is 30.5 Å². The molecule has 0 aromatic carbocycles. The molecule has 1 saturated heterocycles. The van der Waals surface area contributed by atoms with Gasteiger partial charge >= 0.3 is 0 Å². The van der Waals surface area contributed by atoms with Crippen LogP contribution < -0.4 is 4.90 Å². The largest absolute Gasteiger partial charge is 0.373 e. The van der Waals surface area contributed by atoms with E-state index in [1.54, 1.807) is 12.4 Å². The molecule has 1 atom stereocenters. The second kappa shape index (κ2) is 4.50. The van der Waals surface area contributed by atoms with Gasteiger partial charge in [0.1, 0.15) is 5.52 Å². The molecule has 0 spiro atoms. The molecule has 6 heteroatoms. The first-order valence-electron chi connectivity index (χ1n) is 5.59. The van der Waals surface area contributed by atoms with Crippen LogP contribution in [0.4, 0.5) is 5.82 Å². The Bertz CT molecular complexity index is 515. The maximum Gasteiger partial charge on any atom is 0.154 e. The highest BCUT2D eigenvalue weighted by atomic mass is 35.5. The van der Waals surface area contributed by atoms with E-state index in [4.69, 9.17) is 16.3 Å². The molecule has 1 aliphatic heterocycles. The number of anilines is 1. The van der Waals surface area contributed by atoms with Crippen LogP contribution in [-0.4, -0.2) is 46.3 Å². The summed E-state index contributed by atoms with van der Waals surface area (Å²) in [5.41, 5.74) is 1.02. The third-order valence-corrected chi connectivity index (χ3v) is 3.26. The zero-order valence-corrected chi connectivity index (χ0v) is 10.0. The lowest BCUT2D eigenvalue weighted by molar-refractivity contribution is 0.0552. The minimum Gasteiger partial charge on any atom is -0.373 e. The lowest BCUT2D eigenvalue weighted by Crippen LogP contribution is -2.43. The summed E-state index contributed by atoms with van der Waals surface area (Å²) >= 11 is 5.84. The van der Waals surface area contributed by atoms with Gasteiger partial charge in [0.05, 0.1) is 24.8 Å². The molecule has 2 aromatic heterocycles. The molecule has 3 rings (SSSR count). The standard InChI is InChI=1S/C11H13ClN4O/c12-7-9-8-15(5-6-17-9)11-10-1-2-14-16(10)4-3-13-11/h1-4,9H,5-8H2. The first kappa shape index (κ1) is 10.8. The average molecular weight is 253 g/mol. The van der Waals surface area contributed by atoms with E-state index in [1.165, 1.54) is 0 Å². The van der Waals surface area contributed by atoms with Crippen molar-refractivity contribution in [1.82, 2.24) is 14.6 Å². The molecule has 0 radical (unpaired) electrons. The van der Waals surface area contributed by atoms with Crippen LogP contribution in [0.25, 0.3) is 5.52 Å². The van der Waals surface area contributed by atoms with Crippen LogP contribution in [0.1, 0.15) is 0 Å². The highest BCUT2D eigenvalue weighted by molar-refractivity contribution is 6.18. The molecule has 5 nitrogen and oxygen atoms in total. The van der Waals surface area contributed by atoms with Gasteiger partial charge in [0, 0.05) is 25.5 Å². The Kier molecular flexibility index (Phi) is 2.86. The lowest BCUT2D eigenvalue weighted by Gasteiger charge is -2.33. The Morgan fingerprint density at radius 3 is 3.29 bits per heavy atom. The highest BCUT2D eigenvalue weighted by Gasteiger charge is 2.22. The number of halogens is 1. The van der Waals surface area contributed by atoms with E-state index in [1.807, 2.05) is 16.8 Å². The van der Waals surface area contributed by atoms with E-state index in [0.717, 1.165) is 24.4 Å². The molecule has 1 fully saturated rings. The van der Waals surface area contributed by atoms with Crippen LogP contribution in [0.3, 0.4) is 0 Å². The van der Waals surface area contributed by atoms with Crippen LogP contribution in [0.5, 0.6) is 0 Å². The Labute approximate surface area is 104 Å². The second-order valence-corrected chi connectivity index (χ2v) is 4.31. The Morgan fingerprint density at radius 1 is 1.47 bits per heavy atom. The summed E-state index contributed by atoms with van der Waals surface area (Å²) in [7, 11) is 0. The number of morpholine rings is 1. The van der Waals surface area contributed by atoms with Crippen molar-refractivity contribution in [3.05, 3.63) is 24.7 Å². The second-order valence-electron chi connectivity index (χ2n) is 4.00. The summed E-state index contributed by atoms with van der Waals surface area (Å²) in [5.74, 6) is 1.46. The van der Waals surface area contributed by atoms with Crippen LogP contribution in [0.15, 0.2) is 24.7 Å². The molecule has 0 bridgehead atoms. The van der Waals surface area contributed by atoms with Gasteiger partial charge in [-0.1, -0.05) is 0 Å². The SMILES string of the molecule is ClCC1CN(c2nccn3nccc23)CCO1. The summed E-state index contributed by atoms with van der Waals surface area (Å²) in [6, 6.07) is 1.97. The van der Waals surface area contributed by atoms with Gasteiger partial charge in [-0.05, 0) is 6.07 Å². The monoisotopic (exact) mass is 252 g/mol. The van der Waals surface area contributed by atoms with Crippen molar-refractivity contribution in [3.8, 4) is 0 Å². The van der Waals surface area contributed by atoms with Gasteiger partial charge in [-0.2, -0.15) is 5.10 Å². The van der Waals surface area contributed by atoms with Crippen LogP contribution in [-0.2, 0) is 4.74 Å². The van der Waals surface area contributed by atoms with Crippen molar-refractivity contribution in [2.45, 2.75) is 6.10 Å². The average Bonchev–Trinajstić information content (AvgIpc) is 2.87. The van der Waals surface area contributed by atoms with E-state index >= 15 is 0 Å². The molecule has 0 saturated carbocycles. The third-order valence-electron chi connectivity index (χ3n) is 2.91. The molecule has 0 amide bonds. The van der Waals surface area contributed by atoms with E-state index in [2.05, 4.69) is 15.0 Å². The molecule has 17 heavy (non-hydrogen) atoms. The Morgan fingerprint density at radius 2 is 2.41 bits per heavy atom. The quantitative estimate of drug-likeness (QED) is 0.753. The van der Waals surface area contributed by atoms with Crippen LogP contribution in [0.2, 0.25) is 0 Å². The van der Waals surface area contributed by atoms with Gasteiger partial charge in [0.15, 0.2) is 5.82 Å². The number of rotatable bonds is 2. The molecule has 1 unspecified atom stereocenters. The molecule has 0 N–H and O–H groups in total. The van der Waals surface area contributed by atoms with Gasteiger partial charge in [-0.15, -0.1) is 11.6 Å². The number of nitrogens with zero attached hydrogens (tertiary/aromatic N) is 4. The van der Waals surface area contributed by atoms with Crippen molar-refractivity contribution in [2.24, 2.45) is 0 Å². The van der Waals surface area contributed by atoms with E-state index in [0.29, 0.717) is 12.5 Å². The number of fused-ring (bicyclic) bond motifs is 1. The predicted octanol–water partition coefficient (Wildman–Crippen LogP) is 1.17. The molecule has 0 aliphatic carbocycles. The van der Waals surface area contributed by atoms with E-state index < -0.39 is 0 Å². The van der Waals surface area contributed by atoms with Crippen LogP contribution >= 0.6 is 11.6 Å². The van der Waals surface area contributed by atoms with Crippen molar-refractivity contribution in [3.63, 3.8) is 0 Å². The maximum atomic E-state index is 5.84. The van der Waals surface area contributed by atoms with Gasteiger partial charge in [-0.25, -0.2) is 9.50 Å². The fraction of sp³-hybridized carbons (Fsp3) is 0.455. The Balaban J connectivity index is 1.94. The van der Waals surface area contributed by atoms with E-state index in [-0.39, 0.29) is 6.10 Å². The maximum absolute atomic E-state index is 5.84. The van der Waals surface area contributed by atoms with Crippen molar-refractivity contribution >= 4 is 22.9 Å². The fourth-order valence-electron chi connectivity index (χ4n) is 2.09. The zero-order valence-electron chi connectivity index (χ0n) is 9.29. The number of aromatic nitrogens is 3. The number of alkyl halides is 1. The summed E-state index contributed by atoms with van der Waals surface area (Å²) in [6.07, 6.45) is 5.47. The van der Waals surface area contributed by atoms with E-state index in [9.17, 15) is 0 Å². The van der Waals surface area contributed by atoms with Gasteiger partial charge in [0.25, 0.3) is 0 Å². The molecular weight excluding hydrogens is 240 g/mol. The molecule has 3 heterocycles. The van der Waals surface area contributed by atoms with Gasteiger partial charge in [-0.3, -0.25) is 0 Å². The fourth-order valence-corrected chi connectivity index (χ4v) is 2.28. The smallest absolute Gasteiger partial charge is 0.154 e. The van der Waals surface area contributed by atoms with Gasteiger partial charge < -0.3 is 9.64 Å². The van der Waals surface area contributed by atoms with Crippen molar-refractivity contribution in [1.29, 1.82) is 0 Å². The number of hydrogen-bond donors (Lipinski definition) is 0. The summed E-state index contributed by atoms with van der Waals surface area (Å²) in [5, 5.41) is 4.21. The summed E-state index contributed by atoms with van der Waals surface area (Å²) in [6.45, 7) is 2.31. The molecule has 1 aliphatic rings. The molecule has 90 valence electrons. The topological polar surface area (TPSA) is 42.7 Å². The minimum atomic E-state index is 0.0791. The minimum absolute atomic E-state index is 0.0791. The highest BCUT2D eigenvalue weighted by Crippen LogP contribution is 2.20. The first-order chi connectivity index (χ1) is 8.38. The normalized spacial score (nSPS) is 21.0. The lowest BCUT2D eigenvalue weighted by atomic mass is 10.3. The summed E-state index contributed by atoms with van der Waals surface area (Å²) < 4.78 is 7.38. The molecule has 2 aromatic rings. The predicted molar refractivity (Wildman–Crippen MR) is 65.7 cm³/mol.